The zero-order chi connectivity index (χ0) is 28.1. The van der Waals surface area contributed by atoms with Gasteiger partial charge in [0.25, 0.3) is 0 Å². The van der Waals surface area contributed by atoms with Crippen LogP contribution in [0.15, 0.2) is 97.1 Å². The van der Waals surface area contributed by atoms with Crippen LogP contribution < -0.4 is 40.3 Å². The van der Waals surface area contributed by atoms with Crippen molar-refractivity contribution >= 4 is 61.6 Å². The van der Waals surface area contributed by atoms with Crippen LogP contribution in [0.2, 0.25) is 0 Å². The van der Waals surface area contributed by atoms with Crippen LogP contribution in [-0.2, 0) is 4.12 Å². The summed E-state index contributed by atoms with van der Waals surface area (Å²) in [6.45, 7) is 0. The van der Waals surface area contributed by atoms with Gasteiger partial charge in [-0.15, -0.1) is 0 Å². The maximum Gasteiger partial charge on any atom is 0.232 e. The van der Waals surface area contributed by atoms with E-state index in [0.717, 1.165) is 0 Å². The first kappa shape index (κ1) is 28.5. The Morgan fingerprint density at radius 2 is 0.564 bits per heavy atom. The fourth-order valence-corrected chi connectivity index (χ4v) is 13.0. The van der Waals surface area contributed by atoms with Crippen molar-refractivity contribution in [3.8, 4) is 0 Å². The van der Waals surface area contributed by atoms with E-state index >= 15 is 0 Å². The van der Waals surface area contributed by atoms with Crippen LogP contribution in [0.5, 0.6) is 0 Å². The highest BCUT2D eigenvalue weighted by molar-refractivity contribution is 6.93. The van der Waals surface area contributed by atoms with Crippen molar-refractivity contribution in [1.82, 2.24) is 0 Å². The maximum absolute atomic E-state index is 7.73. The van der Waals surface area contributed by atoms with Crippen LogP contribution >= 0.6 is 0 Å². The average molecular weight is 555 g/mol. The van der Waals surface area contributed by atoms with E-state index in [0.29, 0.717) is 0 Å². The molecule has 0 amide bonds. The molecule has 0 spiro atoms. The molecule has 204 valence electrons. The fourth-order valence-electron chi connectivity index (χ4n) is 5.23. The van der Waals surface area contributed by atoms with Gasteiger partial charge in [0.05, 0.1) is 0 Å². The smallest absolute Gasteiger partial charge is 0.232 e. The molecule has 4 rings (SSSR count). The van der Waals surface area contributed by atoms with E-state index in [4.69, 9.17) is 4.12 Å². The van der Waals surface area contributed by atoms with Gasteiger partial charge in [-0.05, 0) is 45.0 Å². The topological polar surface area (TPSA) is 22.2 Å². The van der Waals surface area contributed by atoms with Crippen LogP contribution in [0.1, 0.15) is 0 Å². The quantitative estimate of drug-likeness (QED) is 0.280. The summed E-state index contributed by atoms with van der Waals surface area (Å²) in [5, 5.41) is 5.22. The lowest BCUT2D eigenvalue weighted by Crippen LogP contribution is -2.58. The molecule has 0 radical (unpaired) electrons. The summed E-state index contributed by atoms with van der Waals surface area (Å²) in [6.07, 6.45) is 0. The molecule has 0 heterocycles. The summed E-state index contributed by atoms with van der Waals surface area (Å²) in [5.41, 5.74) is 4.88. The van der Waals surface area contributed by atoms with Gasteiger partial charge in [-0.2, -0.15) is 0 Å². The predicted molar refractivity (Wildman–Crippen MR) is 177 cm³/mol. The number of para-hydroxylation sites is 4. The first-order valence-electron chi connectivity index (χ1n) is 13.4. The van der Waals surface area contributed by atoms with E-state index in [2.05, 4.69) is 173 Å². The number of benzene rings is 4. The molecule has 0 atom stereocenters. The summed E-state index contributed by atoms with van der Waals surface area (Å²) >= 11 is 0. The third-order valence-corrected chi connectivity index (χ3v) is 13.5. The Morgan fingerprint density at radius 1 is 0.359 bits per heavy atom. The van der Waals surface area contributed by atoms with Crippen molar-refractivity contribution in [2.24, 2.45) is 0 Å². The Balaban J connectivity index is 2.01. The second-order valence-electron chi connectivity index (χ2n) is 10.7. The second kappa shape index (κ2) is 12.6. The second-order valence-corrected chi connectivity index (χ2v) is 15.8. The van der Waals surface area contributed by atoms with Crippen molar-refractivity contribution in [1.29, 1.82) is 0 Å². The van der Waals surface area contributed by atoms with Gasteiger partial charge in [-0.25, -0.2) is 0 Å². The van der Waals surface area contributed by atoms with Gasteiger partial charge >= 0.3 is 0 Å². The van der Waals surface area contributed by atoms with E-state index in [1.54, 1.807) is 0 Å². The van der Waals surface area contributed by atoms with Crippen LogP contribution in [-0.4, -0.2) is 74.5 Å². The molecular formula is C32H42N4OSi2. The maximum atomic E-state index is 7.73. The van der Waals surface area contributed by atoms with Crippen molar-refractivity contribution in [3.63, 3.8) is 0 Å². The molecular weight excluding hydrogens is 513 g/mol. The molecule has 0 aliphatic carbocycles. The molecule has 4 aromatic rings. The Kier molecular flexibility index (Phi) is 9.17. The van der Waals surface area contributed by atoms with E-state index in [9.17, 15) is 0 Å². The molecule has 4 aromatic carbocycles. The molecule has 0 bridgehead atoms. The zero-order valence-corrected chi connectivity index (χ0v) is 26.9. The number of hydrogen-bond acceptors (Lipinski definition) is 5. The molecule has 0 unspecified atom stereocenters. The van der Waals surface area contributed by atoms with Gasteiger partial charge < -0.3 is 23.7 Å². The van der Waals surface area contributed by atoms with Gasteiger partial charge in [0.2, 0.25) is 18.1 Å². The van der Waals surface area contributed by atoms with E-state index in [-0.39, 0.29) is 0 Å². The summed E-state index contributed by atoms with van der Waals surface area (Å²) < 4.78 is 7.73. The number of rotatable bonds is 10. The molecule has 39 heavy (non-hydrogen) atoms. The highest BCUT2D eigenvalue weighted by atomic mass is 28.4. The molecule has 0 N–H and O–H groups in total. The molecule has 0 saturated heterocycles. The summed E-state index contributed by atoms with van der Waals surface area (Å²) in [4.78, 5) is 8.87. The molecule has 0 saturated carbocycles. The first-order chi connectivity index (χ1) is 18.7. The third kappa shape index (κ3) is 6.22. The van der Waals surface area contributed by atoms with Crippen LogP contribution in [0.25, 0.3) is 0 Å². The lowest BCUT2D eigenvalue weighted by Gasteiger charge is -2.33. The van der Waals surface area contributed by atoms with Gasteiger partial charge in [-0.3, -0.25) is 0 Å². The standard InChI is InChI=1S/C32H42N4OSi2/c1-33(2)25-17-9-13-21-29(25)38(30-22-14-10-18-26(30)34(3)4)37-39(31-23-15-11-19-27(31)35(5)6)32-24-16-12-20-28(32)36(7)8/h9-24,38-39H,1-8H3. The van der Waals surface area contributed by atoms with Crippen LogP contribution in [0.4, 0.5) is 22.7 Å². The minimum Gasteiger partial charge on any atom is -0.446 e. The zero-order valence-electron chi connectivity index (χ0n) is 24.6. The van der Waals surface area contributed by atoms with E-state index in [1.165, 1.54) is 43.5 Å². The predicted octanol–water partition coefficient (Wildman–Crippen LogP) is 2.34. The monoisotopic (exact) mass is 554 g/mol. The normalized spacial score (nSPS) is 11.1. The molecule has 0 fully saturated rings. The van der Waals surface area contributed by atoms with Crippen LogP contribution in [0, 0.1) is 0 Å². The average Bonchev–Trinajstić information content (AvgIpc) is 2.93. The number of hydrogen-bond donors (Lipinski definition) is 0. The minimum atomic E-state index is -2.20. The largest absolute Gasteiger partial charge is 0.446 e. The lowest BCUT2D eigenvalue weighted by atomic mass is 10.3. The van der Waals surface area contributed by atoms with Crippen molar-refractivity contribution < 1.29 is 4.12 Å². The number of anilines is 4. The Bertz CT molecular complexity index is 1180. The van der Waals surface area contributed by atoms with Crippen molar-refractivity contribution in [2.45, 2.75) is 0 Å². The SMILES string of the molecule is CN(C)c1ccccc1[SiH](O[SiH](c1ccccc1N(C)C)c1ccccc1N(C)C)c1ccccc1N(C)C. The van der Waals surface area contributed by atoms with Crippen molar-refractivity contribution in [2.75, 3.05) is 76.0 Å². The van der Waals surface area contributed by atoms with Gasteiger partial charge in [0.1, 0.15) is 0 Å². The Morgan fingerprint density at radius 3 is 0.769 bits per heavy atom. The highest BCUT2D eigenvalue weighted by Gasteiger charge is 2.33. The minimum absolute atomic E-state index is 1.22. The molecule has 7 heteroatoms. The first-order valence-corrected chi connectivity index (χ1v) is 16.7. The van der Waals surface area contributed by atoms with Gasteiger partial charge in [0, 0.05) is 79.1 Å². The highest BCUT2D eigenvalue weighted by Crippen LogP contribution is 2.18. The fraction of sp³-hybridized carbons (Fsp3) is 0.250. The van der Waals surface area contributed by atoms with Gasteiger partial charge in [0.15, 0.2) is 0 Å². The summed E-state index contributed by atoms with van der Waals surface area (Å²) in [7, 11) is 12.6. The number of nitrogens with zero attached hydrogens (tertiary/aromatic N) is 4. The summed E-state index contributed by atoms with van der Waals surface area (Å²) in [5.74, 6) is 0. The molecule has 0 aliphatic rings. The molecule has 0 aromatic heterocycles. The summed E-state index contributed by atoms with van der Waals surface area (Å²) in [6, 6.07) is 35.1. The van der Waals surface area contributed by atoms with Crippen molar-refractivity contribution in [3.05, 3.63) is 97.1 Å². The molecule has 5 nitrogen and oxygen atoms in total. The lowest BCUT2D eigenvalue weighted by molar-refractivity contribution is 0.633. The Labute approximate surface area is 238 Å². The third-order valence-electron chi connectivity index (χ3n) is 7.08. The van der Waals surface area contributed by atoms with Gasteiger partial charge in [-0.1, -0.05) is 72.8 Å². The van der Waals surface area contributed by atoms with Crippen LogP contribution in [0.3, 0.4) is 0 Å². The van der Waals surface area contributed by atoms with E-state index in [1.807, 2.05) is 0 Å². The Hall–Kier alpha value is -3.53. The molecule has 0 aliphatic heterocycles. The van der Waals surface area contributed by atoms with E-state index < -0.39 is 18.1 Å².